The number of rotatable bonds is 6. The van der Waals surface area contributed by atoms with Crippen LogP contribution in [-0.2, 0) is 16.6 Å². The smallest absolute Gasteiger partial charge is 0.230 e. The SMILES string of the molecule is CCS(=O)(=O)NC1CCN(Cc2nnc(C(C)C)o2)CC1. The Bertz CT molecular complexity index is 548. The standard InChI is InChI=1S/C13H24N4O3S/c1-4-21(18,19)16-11-5-7-17(8-6-11)9-12-14-15-13(20-12)10(2)3/h10-11,16H,4-9H2,1-3H3. The Morgan fingerprint density at radius 3 is 2.52 bits per heavy atom. The van der Waals surface area contributed by atoms with Gasteiger partial charge in [0.05, 0.1) is 12.3 Å². The van der Waals surface area contributed by atoms with Crippen LogP contribution in [0.25, 0.3) is 0 Å². The monoisotopic (exact) mass is 316 g/mol. The molecule has 1 saturated heterocycles. The van der Waals surface area contributed by atoms with E-state index in [-0.39, 0.29) is 17.7 Å². The van der Waals surface area contributed by atoms with Gasteiger partial charge in [0.15, 0.2) is 0 Å². The first-order chi connectivity index (χ1) is 9.89. The second-order valence-corrected chi connectivity index (χ2v) is 7.80. The molecule has 0 amide bonds. The van der Waals surface area contributed by atoms with Crippen molar-refractivity contribution in [1.29, 1.82) is 0 Å². The lowest BCUT2D eigenvalue weighted by molar-refractivity contribution is 0.182. The average molecular weight is 316 g/mol. The Labute approximate surface area is 126 Å². The zero-order valence-corrected chi connectivity index (χ0v) is 13.7. The van der Waals surface area contributed by atoms with Crippen LogP contribution in [-0.4, -0.2) is 48.4 Å². The number of likely N-dealkylation sites (tertiary alicyclic amines) is 1. The van der Waals surface area contributed by atoms with E-state index in [1.165, 1.54) is 0 Å². The van der Waals surface area contributed by atoms with Gasteiger partial charge < -0.3 is 4.42 Å². The van der Waals surface area contributed by atoms with Crippen LogP contribution in [0.3, 0.4) is 0 Å². The molecule has 1 aromatic rings. The topological polar surface area (TPSA) is 88.3 Å². The molecule has 0 aliphatic carbocycles. The molecule has 0 spiro atoms. The van der Waals surface area contributed by atoms with Gasteiger partial charge in [-0.05, 0) is 19.8 Å². The molecule has 0 radical (unpaired) electrons. The fourth-order valence-electron chi connectivity index (χ4n) is 2.30. The number of piperidine rings is 1. The van der Waals surface area contributed by atoms with E-state index >= 15 is 0 Å². The Hall–Kier alpha value is -0.990. The number of nitrogens with one attached hydrogen (secondary N) is 1. The van der Waals surface area contributed by atoms with Crippen LogP contribution in [0.15, 0.2) is 4.42 Å². The summed E-state index contributed by atoms with van der Waals surface area (Å²) in [6.07, 6.45) is 1.62. The fourth-order valence-corrected chi connectivity index (χ4v) is 3.21. The van der Waals surface area contributed by atoms with Gasteiger partial charge >= 0.3 is 0 Å². The van der Waals surface area contributed by atoms with Crippen molar-refractivity contribution in [3.05, 3.63) is 11.8 Å². The van der Waals surface area contributed by atoms with Crippen molar-refractivity contribution in [1.82, 2.24) is 19.8 Å². The summed E-state index contributed by atoms with van der Waals surface area (Å²) < 4.78 is 31.4. The Morgan fingerprint density at radius 2 is 2.00 bits per heavy atom. The van der Waals surface area contributed by atoms with E-state index in [1.54, 1.807) is 6.92 Å². The highest BCUT2D eigenvalue weighted by Crippen LogP contribution is 2.16. The third-order valence-electron chi connectivity index (χ3n) is 3.65. The third kappa shape index (κ3) is 4.76. The first-order valence-corrected chi connectivity index (χ1v) is 9.09. The Kier molecular flexibility index (Phi) is 5.34. The minimum atomic E-state index is -3.11. The highest BCUT2D eigenvalue weighted by Gasteiger charge is 2.23. The van der Waals surface area contributed by atoms with Crippen molar-refractivity contribution < 1.29 is 12.8 Å². The molecule has 0 bridgehead atoms. The van der Waals surface area contributed by atoms with Crippen molar-refractivity contribution in [2.24, 2.45) is 0 Å². The van der Waals surface area contributed by atoms with E-state index < -0.39 is 10.0 Å². The van der Waals surface area contributed by atoms with Gasteiger partial charge in [-0.15, -0.1) is 10.2 Å². The first kappa shape index (κ1) is 16.4. The van der Waals surface area contributed by atoms with Gasteiger partial charge in [-0.3, -0.25) is 4.90 Å². The molecule has 0 unspecified atom stereocenters. The van der Waals surface area contributed by atoms with Crippen LogP contribution in [0.5, 0.6) is 0 Å². The fraction of sp³-hybridized carbons (Fsp3) is 0.846. The second kappa shape index (κ2) is 6.85. The van der Waals surface area contributed by atoms with Crippen molar-refractivity contribution in [3.63, 3.8) is 0 Å². The Morgan fingerprint density at radius 1 is 1.33 bits per heavy atom. The molecule has 7 nitrogen and oxygen atoms in total. The summed E-state index contributed by atoms with van der Waals surface area (Å²) in [5.41, 5.74) is 0. The van der Waals surface area contributed by atoms with Gasteiger partial charge in [-0.25, -0.2) is 13.1 Å². The Balaban J connectivity index is 1.81. The maximum Gasteiger partial charge on any atom is 0.230 e. The number of hydrogen-bond acceptors (Lipinski definition) is 6. The van der Waals surface area contributed by atoms with E-state index in [4.69, 9.17) is 4.42 Å². The predicted molar refractivity (Wildman–Crippen MR) is 79.3 cm³/mol. The van der Waals surface area contributed by atoms with Crippen molar-refractivity contribution in [2.45, 2.75) is 52.1 Å². The zero-order valence-electron chi connectivity index (χ0n) is 12.9. The summed E-state index contributed by atoms with van der Waals surface area (Å²) in [5, 5.41) is 8.07. The molecule has 120 valence electrons. The lowest BCUT2D eigenvalue weighted by atomic mass is 10.1. The van der Waals surface area contributed by atoms with E-state index in [1.807, 2.05) is 13.8 Å². The zero-order chi connectivity index (χ0) is 15.5. The van der Waals surface area contributed by atoms with Gasteiger partial charge in [0.2, 0.25) is 21.8 Å². The minimum absolute atomic E-state index is 0.0418. The predicted octanol–water partition coefficient (Wildman–Crippen LogP) is 1.10. The number of hydrogen-bond donors (Lipinski definition) is 1. The molecule has 2 rings (SSSR count). The number of sulfonamides is 1. The molecule has 1 aliphatic rings. The molecule has 0 saturated carbocycles. The quantitative estimate of drug-likeness (QED) is 0.845. The molecule has 0 aromatic carbocycles. The highest BCUT2D eigenvalue weighted by atomic mass is 32.2. The molecule has 8 heteroatoms. The van der Waals surface area contributed by atoms with E-state index in [2.05, 4.69) is 19.8 Å². The van der Waals surface area contributed by atoms with Crippen LogP contribution >= 0.6 is 0 Å². The summed E-state index contributed by atoms with van der Waals surface area (Å²) in [6.45, 7) is 7.98. The highest BCUT2D eigenvalue weighted by molar-refractivity contribution is 7.89. The minimum Gasteiger partial charge on any atom is -0.424 e. The normalized spacial score (nSPS) is 18.5. The van der Waals surface area contributed by atoms with Crippen molar-refractivity contribution in [2.75, 3.05) is 18.8 Å². The van der Waals surface area contributed by atoms with Crippen LogP contribution in [0.4, 0.5) is 0 Å². The molecular weight excluding hydrogens is 292 g/mol. The summed E-state index contributed by atoms with van der Waals surface area (Å²) >= 11 is 0. The molecule has 2 heterocycles. The summed E-state index contributed by atoms with van der Waals surface area (Å²) in [6, 6.07) is 0.0418. The summed E-state index contributed by atoms with van der Waals surface area (Å²) in [7, 11) is -3.11. The van der Waals surface area contributed by atoms with Gasteiger partial charge in [-0.1, -0.05) is 13.8 Å². The lowest BCUT2D eigenvalue weighted by Crippen LogP contribution is -2.44. The molecule has 1 fully saturated rings. The number of nitrogens with zero attached hydrogens (tertiary/aromatic N) is 3. The summed E-state index contributed by atoms with van der Waals surface area (Å²) in [4.78, 5) is 2.22. The summed E-state index contributed by atoms with van der Waals surface area (Å²) in [5.74, 6) is 1.66. The van der Waals surface area contributed by atoms with Gasteiger partial charge in [0.25, 0.3) is 0 Å². The van der Waals surface area contributed by atoms with Crippen LogP contribution in [0.1, 0.15) is 51.3 Å². The molecule has 1 aliphatic heterocycles. The maximum atomic E-state index is 11.5. The van der Waals surface area contributed by atoms with Crippen LogP contribution in [0, 0.1) is 0 Å². The van der Waals surface area contributed by atoms with Crippen LogP contribution < -0.4 is 4.72 Å². The van der Waals surface area contributed by atoms with Crippen molar-refractivity contribution >= 4 is 10.0 Å². The molecule has 21 heavy (non-hydrogen) atoms. The van der Waals surface area contributed by atoms with Gasteiger partial charge in [0, 0.05) is 25.0 Å². The van der Waals surface area contributed by atoms with E-state index in [9.17, 15) is 8.42 Å². The maximum absolute atomic E-state index is 11.5. The van der Waals surface area contributed by atoms with Crippen molar-refractivity contribution in [3.8, 4) is 0 Å². The molecule has 0 atom stereocenters. The largest absolute Gasteiger partial charge is 0.424 e. The van der Waals surface area contributed by atoms with Crippen LogP contribution in [0.2, 0.25) is 0 Å². The first-order valence-electron chi connectivity index (χ1n) is 7.44. The van der Waals surface area contributed by atoms with Gasteiger partial charge in [0.1, 0.15) is 0 Å². The molecule has 1 N–H and O–H groups in total. The number of aromatic nitrogens is 2. The average Bonchev–Trinajstić information content (AvgIpc) is 2.89. The third-order valence-corrected chi connectivity index (χ3v) is 5.10. The molecular formula is C13H24N4O3S. The van der Waals surface area contributed by atoms with E-state index in [0.717, 1.165) is 25.9 Å². The lowest BCUT2D eigenvalue weighted by Gasteiger charge is -2.31. The van der Waals surface area contributed by atoms with Gasteiger partial charge in [-0.2, -0.15) is 0 Å². The van der Waals surface area contributed by atoms with E-state index in [0.29, 0.717) is 18.3 Å². The second-order valence-electron chi connectivity index (χ2n) is 5.76. The molecule has 1 aromatic heterocycles.